The predicted octanol–water partition coefficient (Wildman–Crippen LogP) is 6.18. The fraction of sp³-hybridized carbons (Fsp3) is 0.200. The van der Waals surface area contributed by atoms with Gasteiger partial charge in [0.05, 0.1) is 21.6 Å². The highest BCUT2D eigenvalue weighted by Gasteiger charge is 2.08. The van der Waals surface area contributed by atoms with Crippen LogP contribution in [0.1, 0.15) is 6.92 Å². The van der Waals surface area contributed by atoms with Gasteiger partial charge < -0.3 is 10.1 Å². The van der Waals surface area contributed by atoms with Crippen LogP contribution >= 0.6 is 46.4 Å². The van der Waals surface area contributed by atoms with Crippen LogP contribution in [-0.4, -0.2) is 12.6 Å². The first kappa shape index (κ1) is 16.6. The number of benzene rings is 2. The van der Waals surface area contributed by atoms with E-state index in [9.17, 15) is 0 Å². The van der Waals surface area contributed by atoms with Crippen molar-refractivity contribution in [2.45, 2.75) is 13.0 Å². The van der Waals surface area contributed by atoms with Crippen molar-refractivity contribution < 1.29 is 4.74 Å². The third-order valence-electron chi connectivity index (χ3n) is 2.74. The van der Waals surface area contributed by atoms with Crippen LogP contribution in [0.4, 0.5) is 5.69 Å². The zero-order chi connectivity index (χ0) is 15.4. The van der Waals surface area contributed by atoms with Gasteiger partial charge in [0.1, 0.15) is 11.9 Å². The van der Waals surface area contributed by atoms with Crippen molar-refractivity contribution in [3.8, 4) is 5.75 Å². The summed E-state index contributed by atoms with van der Waals surface area (Å²) in [5.41, 5.74) is 0.877. The Labute approximate surface area is 143 Å². The molecule has 0 bridgehead atoms. The van der Waals surface area contributed by atoms with Crippen LogP contribution in [0, 0.1) is 0 Å². The Morgan fingerprint density at radius 2 is 1.71 bits per heavy atom. The molecular formula is C15H13Cl4NO. The summed E-state index contributed by atoms with van der Waals surface area (Å²) in [6.07, 6.45) is -0.0851. The molecule has 0 aromatic heterocycles. The highest BCUT2D eigenvalue weighted by atomic mass is 35.5. The second kappa shape index (κ2) is 7.46. The Hall–Kier alpha value is -0.800. The van der Waals surface area contributed by atoms with E-state index in [-0.39, 0.29) is 6.10 Å². The quantitative estimate of drug-likeness (QED) is 0.683. The minimum absolute atomic E-state index is 0.0851. The second-order valence-corrected chi connectivity index (χ2v) is 6.17. The van der Waals surface area contributed by atoms with Gasteiger partial charge in [-0.25, -0.2) is 0 Å². The lowest BCUT2D eigenvalue weighted by atomic mass is 10.3. The monoisotopic (exact) mass is 363 g/mol. The van der Waals surface area contributed by atoms with Gasteiger partial charge in [0, 0.05) is 10.7 Å². The molecule has 1 unspecified atom stereocenters. The van der Waals surface area contributed by atoms with E-state index in [4.69, 9.17) is 51.1 Å². The maximum atomic E-state index is 6.07. The number of anilines is 1. The summed E-state index contributed by atoms with van der Waals surface area (Å²) in [6, 6.07) is 10.5. The van der Waals surface area contributed by atoms with Crippen LogP contribution in [0.2, 0.25) is 20.1 Å². The molecule has 0 aliphatic rings. The number of hydrogen-bond acceptors (Lipinski definition) is 2. The maximum absolute atomic E-state index is 6.07. The molecule has 1 atom stereocenters. The summed E-state index contributed by atoms with van der Waals surface area (Å²) < 4.78 is 5.76. The van der Waals surface area contributed by atoms with Gasteiger partial charge in [-0.05, 0) is 43.3 Å². The molecule has 0 radical (unpaired) electrons. The van der Waals surface area contributed by atoms with Crippen LogP contribution in [0.3, 0.4) is 0 Å². The molecule has 112 valence electrons. The lowest BCUT2D eigenvalue weighted by Crippen LogP contribution is -2.22. The Morgan fingerprint density at radius 1 is 0.952 bits per heavy atom. The molecule has 0 aliphatic carbocycles. The Balaban J connectivity index is 1.92. The first-order valence-corrected chi connectivity index (χ1v) is 7.77. The average molecular weight is 365 g/mol. The van der Waals surface area contributed by atoms with Crippen molar-refractivity contribution in [1.82, 2.24) is 0 Å². The molecule has 0 amide bonds. The third-order valence-corrected chi connectivity index (χ3v) is 4.00. The highest BCUT2D eigenvalue weighted by Crippen LogP contribution is 2.28. The maximum Gasteiger partial charge on any atom is 0.138 e. The standard InChI is InChI=1S/C15H13Cl4NO/c1-9(21-15-5-2-10(16)6-14(15)19)8-20-11-3-4-12(17)13(18)7-11/h2-7,9,20H,8H2,1H3. The zero-order valence-electron chi connectivity index (χ0n) is 11.2. The topological polar surface area (TPSA) is 21.3 Å². The SMILES string of the molecule is CC(CNc1ccc(Cl)c(Cl)c1)Oc1ccc(Cl)cc1Cl. The predicted molar refractivity (Wildman–Crippen MR) is 91.5 cm³/mol. The minimum Gasteiger partial charge on any atom is -0.487 e. The number of halogens is 4. The van der Waals surface area contributed by atoms with Crippen LogP contribution in [0.25, 0.3) is 0 Å². The summed E-state index contributed by atoms with van der Waals surface area (Å²) in [5, 5.41) is 5.33. The lowest BCUT2D eigenvalue weighted by Gasteiger charge is -2.17. The van der Waals surface area contributed by atoms with Crippen molar-refractivity contribution in [3.05, 3.63) is 56.5 Å². The van der Waals surface area contributed by atoms with Gasteiger partial charge in [-0.3, -0.25) is 0 Å². The van der Waals surface area contributed by atoms with Gasteiger partial charge in [0.25, 0.3) is 0 Å². The fourth-order valence-electron chi connectivity index (χ4n) is 1.70. The first-order chi connectivity index (χ1) is 9.95. The number of ether oxygens (including phenoxy) is 1. The van der Waals surface area contributed by atoms with Crippen molar-refractivity contribution in [2.75, 3.05) is 11.9 Å². The van der Waals surface area contributed by atoms with E-state index in [1.165, 1.54) is 0 Å². The molecule has 0 saturated carbocycles. The van der Waals surface area contributed by atoms with Gasteiger partial charge >= 0.3 is 0 Å². The van der Waals surface area contributed by atoms with Crippen molar-refractivity contribution in [1.29, 1.82) is 0 Å². The summed E-state index contributed by atoms with van der Waals surface area (Å²) >= 11 is 23.7. The smallest absolute Gasteiger partial charge is 0.138 e. The molecule has 0 fully saturated rings. The molecular weight excluding hydrogens is 352 g/mol. The third kappa shape index (κ3) is 4.86. The van der Waals surface area contributed by atoms with Gasteiger partial charge in [-0.1, -0.05) is 46.4 Å². The van der Waals surface area contributed by atoms with Gasteiger partial charge in [0.2, 0.25) is 0 Å². The van der Waals surface area contributed by atoms with Gasteiger partial charge in [0.15, 0.2) is 0 Å². The van der Waals surface area contributed by atoms with Gasteiger partial charge in [-0.15, -0.1) is 0 Å². The summed E-state index contributed by atoms with van der Waals surface area (Å²) in [4.78, 5) is 0. The lowest BCUT2D eigenvalue weighted by molar-refractivity contribution is 0.235. The van der Waals surface area contributed by atoms with E-state index in [2.05, 4.69) is 5.32 Å². The zero-order valence-corrected chi connectivity index (χ0v) is 14.2. The Bertz CT molecular complexity index is 633. The Morgan fingerprint density at radius 3 is 2.38 bits per heavy atom. The molecule has 1 N–H and O–H groups in total. The second-order valence-electron chi connectivity index (χ2n) is 4.51. The molecule has 2 aromatic carbocycles. The molecule has 0 saturated heterocycles. The molecule has 2 rings (SSSR count). The summed E-state index contributed by atoms with van der Waals surface area (Å²) in [6.45, 7) is 2.53. The largest absolute Gasteiger partial charge is 0.487 e. The van der Waals surface area contributed by atoms with E-state index in [1.54, 1.807) is 30.3 Å². The van der Waals surface area contributed by atoms with Crippen molar-refractivity contribution in [2.24, 2.45) is 0 Å². The van der Waals surface area contributed by atoms with Crippen LogP contribution in [0.15, 0.2) is 36.4 Å². The molecule has 6 heteroatoms. The fourth-order valence-corrected chi connectivity index (χ4v) is 2.45. The van der Waals surface area contributed by atoms with E-state index in [1.807, 2.05) is 13.0 Å². The van der Waals surface area contributed by atoms with E-state index in [0.29, 0.717) is 32.4 Å². The molecule has 2 aromatic rings. The van der Waals surface area contributed by atoms with Gasteiger partial charge in [-0.2, -0.15) is 0 Å². The average Bonchev–Trinajstić information content (AvgIpc) is 2.43. The number of hydrogen-bond donors (Lipinski definition) is 1. The van der Waals surface area contributed by atoms with E-state index < -0.39 is 0 Å². The Kier molecular flexibility index (Phi) is 5.88. The molecule has 0 aliphatic heterocycles. The summed E-state index contributed by atoms with van der Waals surface area (Å²) in [5.74, 6) is 0.601. The van der Waals surface area contributed by atoms with Crippen molar-refractivity contribution in [3.63, 3.8) is 0 Å². The molecule has 0 heterocycles. The number of rotatable bonds is 5. The highest BCUT2D eigenvalue weighted by molar-refractivity contribution is 6.42. The normalized spacial score (nSPS) is 12.0. The van der Waals surface area contributed by atoms with Crippen molar-refractivity contribution >= 4 is 52.1 Å². The number of nitrogens with one attached hydrogen (secondary N) is 1. The molecule has 21 heavy (non-hydrogen) atoms. The van der Waals surface area contributed by atoms with E-state index >= 15 is 0 Å². The minimum atomic E-state index is -0.0851. The van der Waals surface area contributed by atoms with Crippen LogP contribution < -0.4 is 10.1 Å². The van der Waals surface area contributed by atoms with Crippen LogP contribution in [0.5, 0.6) is 5.75 Å². The summed E-state index contributed by atoms with van der Waals surface area (Å²) in [7, 11) is 0. The first-order valence-electron chi connectivity index (χ1n) is 6.26. The molecule has 2 nitrogen and oxygen atoms in total. The van der Waals surface area contributed by atoms with E-state index in [0.717, 1.165) is 5.69 Å². The molecule has 0 spiro atoms. The van der Waals surface area contributed by atoms with Crippen LogP contribution in [-0.2, 0) is 0 Å².